The number of hydrogen-bond donors (Lipinski definition) is 2. The molecule has 2 aromatic carbocycles. The average molecular weight is 320 g/mol. The number of ether oxygens (including phenoxy) is 1. The summed E-state index contributed by atoms with van der Waals surface area (Å²) in [5.41, 5.74) is 7.51. The van der Waals surface area contributed by atoms with Crippen molar-refractivity contribution in [3.8, 4) is 17.6 Å². The molecule has 0 spiro atoms. The first-order valence-electron chi connectivity index (χ1n) is 7.60. The maximum absolute atomic E-state index is 12.1. The molecule has 1 heterocycles. The van der Waals surface area contributed by atoms with Crippen LogP contribution in [-0.4, -0.2) is 10.9 Å². The van der Waals surface area contributed by atoms with Crippen LogP contribution >= 0.6 is 0 Å². The highest BCUT2D eigenvalue weighted by atomic mass is 16.5. The first kappa shape index (κ1) is 15.6. The number of nitrogens with zero attached hydrogens (tertiary/aromatic N) is 1. The minimum Gasteiger partial charge on any atom is -0.507 e. The summed E-state index contributed by atoms with van der Waals surface area (Å²) in [5.74, 6) is -0.556. The van der Waals surface area contributed by atoms with E-state index in [1.54, 1.807) is 13.0 Å². The van der Waals surface area contributed by atoms with Crippen LogP contribution in [0.1, 0.15) is 40.7 Å². The van der Waals surface area contributed by atoms with Gasteiger partial charge in [-0.2, -0.15) is 5.26 Å². The summed E-state index contributed by atoms with van der Waals surface area (Å²) < 4.78 is 5.50. The molecule has 0 fully saturated rings. The summed E-state index contributed by atoms with van der Waals surface area (Å²) in [4.78, 5) is 12.1. The zero-order valence-corrected chi connectivity index (χ0v) is 13.1. The van der Waals surface area contributed by atoms with Crippen LogP contribution in [0.15, 0.2) is 53.9 Å². The Morgan fingerprint density at radius 3 is 2.62 bits per heavy atom. The predicted molar refractivity (Wildman–Crippen MR) is 88.5 cm³/mol. The van der Waals surface area contributed by atoms with Gasteiger partial charge in [-0.1, -0.05) is 37.3 Å². The number of ketones is 1. The number of hydrogen-bond acceptors (Lipinski definition) is 5. The number of Topliss-reactive ketones (excluding diaryl/α,β-unsaturated/α-hetero) is 1. The number of nitriles is 1. The average Bonchev–Trinajstić information content (AvgIpc) is 2.61. The van der Waals surface area contributed by atoms with Gasteiger partial charge in [0.05, 0.1) is 17.0 Å². The molecular weight excluding hydrogens is 304 g/mol. The Balaban J connectivity index is 2.29. The van der Waals surface area contributed by atoms with Crippen LogP contribution in [0.3, 0.4) is 0 Å². The van der Waals surface area contributed by atoms with Crippen molar-refractivity contribution in [2.45, 2.75) is 19.3 Å². The fraction of sp³-hybridized carbons (Fsp3) is 0.158. The molecule has 0 saturated heterocycles. The molecule has 0 aromatic heterocycles. The lowest BCUT2D eigenvalue weighted by molar-refractivity contribution is 0.0985. The Morgan fingerprint density at radius 2 is 2.00 bits per heavy atom. The number of fused-ring (bicyclic) bond motifs is 1. The van der Waals surface area contributed by atoms with Gasteiger partial charge >= 0.3 is 0 Å². The molecule has 3 rings (SSSR count). The number of phenolic OH excluding ortho intramolecular Hbond substituents is 1. The van der Waals surface area contributed by atoms with Crippen molar-refractivity contribution >= 4 is 5.78 Å². The molecule has 0 bridgehead atoms. The van der Waals surface area contributed by atoms with Crippen molar-refractivity contribution in [2.75, 3.05) is 0 Å². The zero-order valence-electron chi connectivity index (χ0n) is 13.1. The molecule has 24 heavy (non-hydrogen) atoms. The summed E-state index contributed by atoms with van der Waals surface area (Å²) in [5, 5.41) is 20.2. The minimum atomic E-state index is -0.579. The van der Waals surface area contributed by atoms with Gasteiger partial charge in [0.1, 0.15) is 23.1 Å². The normalized spacial score (nSPS) is 16.1. The number of benzene rings is 2. The molecule has 0 amide bonds. The van der Waals surface area contributed by atoms with E-state index in [0.717, 1.165) is 5.56 Å². The number of allylic oxidation sites excluding steroid dienone is 1. The number of carbonyl (C=O) groups excluding carboxylic acids is 1. The second-order valence-corrected chi connectivity index (χ2v) is 5.49. The molecule has 0 radical (unpaired) electrons. The monoisotopic (exact) mass is 320 g/mol. The van der Waals surface area contributed by atoms with E-state index < -0.39 is 5.92 Å². The lowest BCUT2D eigenvalue weighted by Crippen LogP contribution is -2.21. The number of nitrogens with two attached hydrogens (primary N) is 1. The Kier molecular flexibility index (Phi) is 3.97. The van der Waals surface area contributed by atoms with Gasteiger partial charge in [-0.3, -0.25) is 4.79 Å². The quantitative estimate of drug-likeness (QED) is 0.847. The number of phenols is 1. The van der Waals surface area contributed by atoms with E-state index in [-0.39, 0.29) is 35.0 Å². The lowest BCUT2D eigenvalue weighted by atomic mass is 9.82. The molecule has 1 aliphatic rings. The van der Waals surface area contributed by atoms with Crippen LogP contribution in [0.25, 0.3) is 0 Å². The van der Waals surface area contributed by atoms with Crippen LogP contribution in [0, 0.1) is 11.3 Å². The van der Waals surface area contributed by atoms with Gasteiger partial charge in [-0.15, -0.1) is 0 Å². The molecule has 0 saturated carbocycles. The standard InChI is InChI=1S/C19H16N2O3/c1-2-14(22)12-8-9-15-17(18(12)23)16(11-6-4-3-5-7-11)13(10-20)19(21)24-15/h3-9,16,23H,2,21H2,1H3. The van der Waals surface area contributed by atoms with E-state index in [9.17, 15) is 15.2 Å². The van der Waals surface area contributed by atoms with Crippen LogP contribution in [0.5, 0.6) is 11.5 Å². The molecule has 5 heteroatoms. The summed E-state index contributed by atoms with van der Waals surface area (Å²) in [6.45, 7) is 1.73. The van der Waals surface area contributed by atoms with Crippen molar-refractivity contribution in [3.05, 3.63) is 70.6 Å². The smallest absolute Gasteiger partial charge is 0.205 e. The third-order valence-electron chi connectivity index (χ3n) is 4.11. The fourth-order valence-corrected chi connectivity index (χ4v) is 2.93. The molecule has 5 nitrogen and oxygen atoms in total. The third-order valence-corrected chi connectivity index (χ3v) is 4.11. The zero-order chi connectivity index (χ0) is 17.3. The Hall–Kier alpha value is -3.26. The largest absolute Gasteiger partial charge is 0.507 e. The minimum absolute atomic E-state index is 0.00724. The van der Waals surface area contributed by atoms with Gasteiger partial charge in [0.2, 0.25) is 5.88 Å². The van der Waals surface area contributed by atoms with E-state index >= 15 is 0 Å². The van der Waals surface area contributed by atoms with Gasteiger partial charge in [0, 0.05) is 6.42 Å². The van der Waals surface area contributed by atoms with Crippen molar-refractivity contribution in [1.82, 2.24) is 0 Å². The van der Waals surface area contributed by atoms with Crippen molar-refractivity contribution in [1.29, 1.82) is 5.26 Å². The number of rotatable bonds is 3. The summed E-state index contributed by atoms with van der Waals surface area (Å²) >= 11 is 0. The molecular formula is C19H16N2O3. The molecule has 1 aliphatic heterocycles. The van der Waals surface area contributed by atoms with Crippen LogP contribution in [-0.2, 0) is 0 Å². The van der Waals surface area contributed by atoms with E-state index in [1.807, 2.05) is 30.3 Å². The maximum atomic E-state index is 12.1. The van der Waals surface area contributed by atoms with Gasteiger partial charge in [0.25, 0.3) is 0 Å². The topological polar surface area (TPSA) is 96.3 Å². The Morgan fingerprint density at radius 1 is 1.29 bits per heavy atom. The molecule has 3 N–H and O–H groups in total. The van der Waals surface area contributed by atoms with Gasteiger partial charge in [-0.25, -0.2) is 0 Å². The van der Waals surface area contributed by atoms with Crippen molar-refractivity contribution < 1.29 is 14.6 Å². The second kappa shape index (κ2) is 6.09. The molecule has 1 unspecified atom stereocenters. The highest BCUT2D eigenvalue weighted by Gasteiger charge is 2.34. The van der Waals surface area contributed by atoms with E-state index in [0.29, 0.717) is 11.3 Å². The predicted octanol–water partition coefficient (Wildman–Crippen LogP) is 3.20. The first-order chi connectivity index (χ1) is 11.6. The van der Waals surface area contributed by atoms with E-state index in [1.165, 1.54) is 6.07 Å². The van der Waals surface area contributed by atoms with Crippen LogP contribution in [0.2, 0.25) is 0 Å². The summed E-state index contributed by atoms with van der Waals surface area (Å²) in [6, 6.07) is 14.4. The highest BCUT2D eigenvalue weighted by molar-refractivity contribution is 5.99. The number of carbonyl (C=O) groups is 1. The summed E-state index contributed by atoms with van der Waals surface area (Å²) in [6.07, 6.45) is 0.270. The molecule has 0 aliphatic carbocycles. The number of aromatic hydroxyl groups is 1. The molecule has 1 atom stereocenters. The van der Waals surface area contributed by atoms with Gasteiger partial charge < -0.3 is 15.6 Å². The summed E-state index contributed by atoms with van der Waals surface area (Å²) in [7, 11) is 0. The van der Waals surface area contributed by atoms with Crippen molar-refractivity contribution in [3.63, 3.8) is 0 Å². The Labute approximate surface area is 139 Å². The lowest BCUT2D eigenvalue weighted by Gasteiger charge is -2.27. The van der Waals surface area contributed by atoms with Crippen LogP contribution in [0.4, 0.5) is 0 Å². The molecule has 120 valence electrons. The first-order valence-corrected chi connectivity index (χ1v) is 7.60. The van der Waals surface area contributed by atoms with E-state index in [2.05, 4.69) is 6.07 Å². The van der Waals surface area contributed by atoms with Crippen LogP contribution < -0.4 is 10.5 Å². The highest BCUT2D eigenvalue weighted by Crippen LogP contribution is 2.47. The van der Waals surface area contributed by atoms with E-state index in [4.69, 9.17) is 10.5 Å². The fourth-order valence-electron chi connectivity index (χ4n) is 2.93. The SMILES string of the molecule is CCC(=O)c1ccc2c(c1O)C(c1ccccc1)C(C#N)=C(N)O2. The maximum Gasteiger partial charge on any atom is 0.205 e. The van der Waals surface area contributed by atoms with Gasteiger partial charge in [-0.05, 0) is 17.7 Å². The van der Waals surface area contributed by atoms with Crippen molar-refractivity contribution in [2.24, 2.45) is 5.73 Å². The Bertz CT molecular complexity index is 879. The second-order valence-electron chi connectivity index (χ2n) is 5.49. The van der Waals surface area contributed by atoms with Gasteiger partial charge in [0.15, 0.2) is 5.78 Å². The molecule has 2 aromatic rings. The third kappa shape index (κ3) is 2.38.